The van der Waals surface area contributed by atoms with E-state index in [0.29, 0.717) is 0 Å². The first-order chi connectivity index (χ1) is 11.6. The van der Waals surface area contributed by atoms with Crippen molar-refractivity contribution < 1.29 is 37.0 Å². The third kappa shape index (κ3) is 3.72. The minimum Gasteiger partial charge on any atom is -0.394 e. The van der Waals surface area contributed by atoms with E-state index in [-0.39, 0.29) is 4.90 Å². The van der Waals surface area contributed by atoms with E-state index in [4.69, 9.17) is 18.4 Å². The van der Waals surface area contributed by atoms with Gasteiger partial charge in [-0.15, -0.1) is 0 Å². The monoisotopic (exact) mass is 374 g/mol. The van der Waals surface area contributed by atoms with E-state index in [9.17, 15) is 18.6 Å². The van der Waals surface area contributed by atoms with E-state index in [2.05, 4.69) is 0 Å². The minimum atomic E-state index is -4.12. The second-order valence-corrected chi connectivity index (χ2v) is 8.22. The average Bonchev–Trinajstić information content (AvgIpc) is 3.00. The Labute approximate surface area is 146 Å². The number of hydrogen-bond donors (Lipinski definition) is 2. The molecule has 9 heteroatoms. The summed E-state index contributed by atoms with van der Waals surface area (Å²) in [5.41, 5.74) is 0.908. The molecule has 2 aliphatic heterocycles. The van der Waals surface area contributed by atoms with E-state index >= 15 is 0 Å². The fourth-order valence-corrected chi connectivity index (χ4v) is 4.03. The molecule has 2 unspecified atom stereocenters. The Morgan fingerprint density at radius 2 is 1.88 bits per heavy atom. The fourth-order valence-electron chi connectivity index (χ4n) is 2.93. The van der Waals surface area contributed by atoms with Crippen LogP contribution in [0.3, 0.4) is 0 Å². The summed E-state index contributed by atoms with van der Waals surface area (Å²) in [6.45, 7) is 4.55. The quantitative estimate of drug-likeness (QED) is 0.708. The van der Waals surface area contributed by atoms with Crippen LogP contribution in [0.1, 0.15) is 19.4 Å². The smallest absolute Gasteiger partial charge is 0.297 e. The molecule has 0 spiro atoms. The summed E-state index contributed by atoms with van der Waals surface area (Å²) in [6, 6.07) is 6.18. The van der Waals surface area contributed by atoms with Crippen LogP contribution in [0.15, 0.2) is 29.2 Å². The maximum Gasteiger partial charge on any atom is 0.297 e. The molecule has 0 bridgehead atoms. The molecular weight excluding hydrogens is 352 g/mol. The van der Waals surface area contributed by atoms with E-state index in [1.807, 2.05) is 6.92 Å². The number of aliphatic hydroxyl groups excluding tert-OH is 2. The van der Waals surface area contributed by atoms with Crippen molar-refractivity contribution in [3.63, 3.8) is 0 Å². The highest BCUT2D eigenvalue weighted by molar-refractivity contribution is 7.86. The van der Waals surface area contributed by atoms with Crippen LogP contribution in [-0.2, 0) is 28.5 Å². The van der Waals surface area contributed by atoms with Crippen molar-refractivity contribution >= 4 is 10.1 Å². The Morgan fingerprint density at radius 3 is 2.48 bits per heavy atom. The molecule has 3 rings (SSSR count). The van der Waals surface area contributed by atoms with Crippen LogP contribution in [0.4, 0.5) is 0 Å². The molecule has 0 aromatic heterocycles. The van der Waals surface area contributed by atoms with Crippen LogP contribution in [0.2, 0.25) is 0 Å². The fraction of sp³-hybridized carbons (Fsp3) is 0.625. The Hall–Kier alpha value is -1.07. The third-order valence-electron chi connectivity index (χ3n) is 4.14. The van der Waals surface area contributed by atoms with Crippen molar-refractivity contribution in [1.82, 2.24) is 0 Å². The molecule has 140 valence electrons. The molecule has 2 heterocycles. The maximum absolute atomic E-state index is 12.6. The highest BCUT2D eigenvalue weighted by Crippen LogP contribution is 2.40. The molecule has 2 N–H and O–H groups in total. The Bertz CT molecular complexity index is 714. The summed E-state index contributed by atoms with van der Waals surface area (Å²) in [6.07, 6.45) is -5.32. The van der Waals surface area contributed by atoms with Gasteiger partial charge in [0.25, 0.3) is 10.1 Å². The second-order valence-electron chi connectivity index (χ2n) is 6.65. The zero-order valence-corrected chi connectivity index (χ0v) is 15.0. The summed E-state index contributed by atoms with van der Waals surface area (Å²) < 4.78 is 47.3. The number of aliphatic hydroxyl groups is 2. The highest BCUT2D eigenvalue weighted by atomic mass is 32.2. The number of fused-ring (bicyclic) bond motifs is 1. The number of aryl methyl sites for hydroxylation is 1. The van der Waals surface area contributed by atoms with Gasteiger partial charge in [-0.1, -0.05) is 17.7 Å². The summed E-state index contributed by atoms with van der Waals surface area (Å²) in [7, 11) is -4.12. The summed E-state index contributed by atoms with van der Waals surface area (Å²) in [5.74, 6) is -0.973. The van der Waals surface area contributed by atoms with Crippen LogP contribution in [0, 0.1) is 6.92 Å². The highest BCUT2D eigenvalue weighted by Gasteiger charge is 2.58. The molecule has 25 heavy (non-hydrogen) atoms. The lowest BCUT2D eigenvalue weighted by molar-refractivity contribution is -0.225. The summed E-state index contributed by atoms with van der Waals surface area (Å²) in [4.78, 5) is -0.0167. The number of hydrogen-bond acceptors (Lipinski definition) is 8. The molecule has 8 nitrogen and oxygen atoms in total. The van der Waals surface area contributed by atoms with Crippen molar-refractivity contribution in [2.24, 2.45) is 0 Å². The molecule has 0 saturated carbocycles. The molecule has 1 aromatic rings. The number of benzene rings is 1. The van der Waals surface area contributed by atoms with Gasteiger partial charge in [0.15, 0.2) is 12.1 Å². The molecule has 0 amide bonds. The molecule has 1 aromatic carbocycles. The van der Waals surface area contributed by atoms with Gasteiger partial charge in [0.2, 0.25) is 0 Å². The van der Waals surface area contributed by atoms with E-state index in [0.717, 1.165) is 5.56 Å². The molecule has 5 atom stereocenters. The van der Waals surface area contributed by atoms with Crippen molar-refractivity contribution in [1.29, 1.82) is 0 Å². The lowest BCUT2D eigenvalue weighted by Crippen LogP contribution is -2.45. The molecule has 2 saturated heterocycles. The average molecular weight is 374 g/mol. The van der Waals surface area contributed by atoms with Gasteiger partial charge in [0.1, 0.15) is 24.4 Å². The molecule has 0 aliphatic carbocycles. The predicted octanol–water partition coefficient (Wildman–Crippen LogP) is 0.299. The van der Waals surface area contributed by atoms with E-state index < -0.39 is 53.2 Å². The molecule has 2 fully saturated rings. The third-order valence-corrected chi connectivity index (χ3v) is 5.47. The van der Waals surface area contributed by atoms with Gasteiger partial charge in [0, 0.05) is 0 Å². The predicted molar refractivity (Wildman–Crippen MR) is 85.0 cm³/mol. The van der Waals surface area contributed by atoms with Crippen LogP contribution in [-0.4, -0.2) is 61.7 Å². The van der Waals surface area contributed by atoms with Crippen molar-refractivity contribution in [3.8, 4) is 0 Å². The van der Waals surface area contributed by atoms with Crippen LogP contribution >= 0.6 is 0 Å². The van der Waals surface area contributed by atoms with Gasteiger partial charge >= 0.3 is 0 Å². The van der Waals surface area contributed by atoms with Gasteiger partial charge in [-0.2, -0.15) is 8.42 Å². The number of rotatable bonds is 5. The van der Waals surface area contributed by atoms with Gasteiger partial charge in [-0.3, -0.25) is 4.18 Å². The Balaban J connectivity index is 1.87. The largest absolute Gasteiger partial charge is 0.394 e. The standard InChI is InChI=1S/C16H22O8S/c1-9-4-6-10(7-5-9)25(19,20)24-13-12(11(18)8-17)21-15-14(13)22-16(2,3)23-15/h4-7,11-15,17-18H,8H2,1-3H3/t11?,12?,13-,14-,15-/m1/s1. The van der Waals surface area contributed by atoms with Gasteiger partial charge in [0.05, 0.1) is 11.5 Å². The molecular formula is C16H22O8S. The van der Waals surface area contributed by atoms with Crippen LogP contribution < -0.4 is 0 Å². The first-order valence-corrected chi connectivity index (χ1v) is 9.34. The Morgan fingerprint density at radius 1 is 1.24 bits per heavy atom. The lowest BCUT2D eigenvalue weighted by atomic mass is 10.1. The first-order valence-electron chi connectivity index (χ1n) is 7.93. The van der Waals surface area contributed by atoms with Crippen molar-refractivity contribution in [3.05, 3.63) is 29.8 Å². The Kier molecular flexibility index (Phi) is 4.93. The summed E-state index contributed by atoms with van der Waals surface area (Å²) >= 11 is 0. The molecule has 2 aliphatic rings. The molecule has 0 radical (unpaired) electrons. The van der Waals surface area contributed by atoms with Gasteiger partial charge in [-0.25, -0.2) is 0 Å². The van der Waals surface area contributed by atoms with Crippen molar-refractivity contribution in [2.75, 3.05) is 6.61 Å². The minimum absolute atomic E-state index is 0.0167. The number of ether oxygens (including phenoxy) is 3. The van der Waals surface area contributed by atoms with E-state index in [1.165, 1.54) is 12.1 Å². The topological polar surface area (TPSA) is 112 Å². The van der Waals surface area contributed by atoms with Crippen LogP contribution in [0.25, 0.3) is 0 Å². The SMILES string of the molecule is Cc1ccc(S(=O)(=O)O[C@@H]2C(C(O)CO)O[C@@H]3OC(C)(C)O[C@@H]32)cc1. The van der Waals surface area contributed by atoms with Gasteiger partial charge in [-0.05, 0) is 32.9 Å². The normalized spacial score (nSPS) is 32.5. The van der Waals surface area contributed by atoms with Crippen LogP contribution in [0.5, 0.6) is 0 Å². The maximum atomic E-state index is 12.6. The zero-order valence-electron chi connectivity index (χ0n) is 14.2. The van der Waals surface area contributed by atoms with E-state index in [1.54, 1.807) is 26.0 Å². The van der Waals surface area contributed by atoms with Gasteiger partial charge < -0.3 is 24.4 Å². The second kappa shape index (κ2) is 6.58. The van der Waals surface area contributed by atoms with Crippen molar-refractivity contribution in [2.45, 2.75) is 62.2 Å². The first kappa shape index (κ1) is 18.7. The zero-order chi connectivity index (χ0) is 18.4. The lowest BCUT2D eigenvalue weighted by Gasteiger charge is -2.27. The summed E-state index contributed by atoms with van der Waals surface area (Å²) in [5, 5.41) is 19.2.